The van der Waals surface area contributed by atoms with Gasteiger partial charge in [0.15, 0.2) is 12.6 Å². The van der Waals surface area contributed by atoms with Gasteiger partial charge in [0.25, 0.3) is 0 Å². The fourth-order valence-electron chi connectivity index (χ4n) is 1.77. The summed E-state index contributed by atoms with van der Waals surface area (Å²) in [6.07, 6.45) is 3.71. The summed E-state index contributed by atoms with van der Waals surface area (Å²) in [5.74, 6) is 0. The van der Waals surface area contributed by atoms with E-state index in [4.69, 9.17) is 0 Å². The van der Waals surface area contributed by atoms with E-state index in [1.165, 1.54) is 5.01 Å². The minimum absolute atomic E-state index is 0.368. The highest BCUT2D eigenvalue weighted by atomic mass is 16.4. The lowest BCUT2D eigenvalue weighted by atomic mass is 10.3. The maximum absolute atomic E-state index is 10.0. The molecule has 5 N–H and O–H groups in total. The van der Waals surface area contributed by atoms with E-state index in [1.54, 1.807) is 18.3 Å². The Bertz CT molecular complexity index is 414. The van der Waals surface area contributed by atoms with Crippen molar-refractivity contribution in [3.05, 3.63) is 23.7 Å². The Kier molecular flexibility index (Phi) is 2.60. The van der Waals surface area contributed by atoms with E-state index in [9.17, 15) is 10.2 Å². The number of hydrazine groups is 1. The van der Waals surface area contributed by atoms with E-state index in [-0.39, 0.29) is 0 Å². The zero-order valence-corrected chi connectivity index (χ0v) is 9.17. The van der Waals surface area contributed by atoms with Crippen LogP contribution in [0, 0.1) is 0 Å². The third-order valence-corrected chi connectivity index (χ3v) is 2.84. The highest BCUT2D eigenvalue weighted by Gasteiger charge is 2.37. The maximum Gasteiger partial charge on any atom is 0.199 e. The molecule has 1 aromatic rings. The number of aliphatic hydroxyl groups is 2. The smallest absolute Gasteiger partial charge is 0.199 e. The van der Waals surface area contributed by atoms with Gasteiger partial charge in [-0.25, -0.2) is 5.43 Å². The quantitative estimate of drug-likeness (QED) is 0.459. The number of aromatic nitrogens is 2. The first-order valence-electron chi connectivity index (χ1n) is 5.62. The molecule has 92 valence electrons. The molecular weight excluding hydrogens is 222 g/mol. The van der Waals surface area contributed by atoms with Gasteiger partial charge >= 0.3 is 0 Å². The molecule has 0 bridgehead atoms. The van der Waals surface area contributed by atoms with Gasteiger partial charge in [0.2, 0.25) is 0 Å². The number of H-pyrrole nitrogens is 1. The van der Waals surface area contributed by atoms with Gasteiger partial charge in [-0.15, -0.1) is 0 Å². The Hall–Kier alpha value is -1.41. The van der Waals surface area contributed by atoms with Crippen LogP contribution >= 0.6 is 0 Å². The lowest BCUT2D eigenvalue weighted by Gasteiger charge is -2.22. The van der Waals surface area contributed by atoms with Gasteiger partial charge in [0.1, 0.15) is 0 Å². The number of rotatable bonds is 3. The zero-order chi connectivity index (χ0) is 11.8. The summed E-state index contributed by atoms with van der Waals surface area (Å²) < 4.78 is 0. The van der Waals surface area contributed by atoms with Crippen LogP contribution in [0.2, 0.25) is 0 Å². The summed E-state index contributed by atoms with van der Waals surface area (Å²) in [6.45, 7) is 0. The van der Waals surface area contributed by atoms with Crippen LogP contribution in [-0.2, 0) is 0 Å². The Morgan fingerprint density at radius 3 is 2.94 bits per heavy atom. The highest BCUT2D eigenvalue weighted by molar-refractivity contribution is 5.49. The largest absolute Gasteiger partial charge is 0.371 e. The van der Waals surface area contributed by atoms with Crippen molar-refractivity contribution in [2.24, 2.45) is 0 Å². The van der Waals surface area contributed by atoms with E-state index < -0.39 is 12.6 Å². The Labute approximate surface area is 98.1 Å². The lowest BCUT2D eigenvalue weighted by Crippen LogP contribution is -2.49. The second kappa shape index (κ2) is 4.11. The van der Waals surface area contributed by atoms with E-state index in [2.05, 4.69) is 20.9 Å². The van der Waals surface area contributed by atoms with Gasteiger partial charge in [0.05, 0.1) is 11.4 Å². The van der Waals surface area contributed by atoms with Crippen molar-refractivity contribution in [2.45, 2.75) is 31.5 Å². The first kappa shape index (κ1) is 10.7. The molecule has 1 saturated carbocycles. The molecule has 2 fully saturated rings. The normalized spacial score (nSPS) is 32.0. The molecule has 0 radical (unpaired) electrons. The van der Waals surface area contributed by atoms with Crippen LogP contribution in [0.25, 0.3) is 6.08 Å². The number of hydrogen-bond acceptors (Lipinski definition) is 6. The van der Waals surface area contributed by atoms with Gasteiger partial charge in [-0.3, -0.25) is 5.10 Å². The molecule has 2 heterocycles. The van der Waals surface area contributed by atoms with Gasteiger partial charge in [-0.05, 0) is 25.0 Å². The van der Waals surface area contributed by atoms with Crippen molar-refractivity contribution in [1.29, 1.82) is 0 Å². The Morgan fingerprint density at radius 2 is 2.29 bits per heavy atom. The van der Waals surface area contributed by atoms with Crippen LogP contribution in [0.3, 0.4) is 0 Å². The molecule has 1 saturated heterocycles. The number of hydrogen-bond donors (Lipinski definition) is 5. The number of aliphatic hydroxyl groups excluding tert-OH is 2. The summed E-state index contributed by atoms with van der Waals surface area (Å²) in [6, 6.07) is 2.15. The average molecular weight is 237 g/mol. The molecule has 0 aromatic carbocycles. The van der Waals surface area contributed by atoms with Crippen molar-refractivity contribution in [2.75, 3.05) is 0 Å². The molecular formula is C10H15N5O2. The summed E-state index contributed by atoms with van der Waals surface area (Å²) in [7, 11) is 0. The molecule has 2 atom stereocenters. The second-order valence-electron chi connectivity index (χ2n) is 4.31. The molecule has 3 rings (SSSR count). The van der Waals surface area contributed by atoms with E-state index in [0.717, 1.165) is 18.5 Å². The van der Waals surface area contributed by atoms with Crippen LogP contribution < -0.4 is 10.7 Å². The highest BCUT2D eigenvalue weighted by Crippen LogP contribution is 2.23. The first-order valence-corrected chi connectivity index (χ1v) is 5.62. The first-order chi connectivity index (χ1) is 8.24. The van der Waals surface area contributed by atoms with Crippen molar-refractivity contribution < 1.29 is 10.2 Å². The molecule has 2 unspecified atom stereocenters. The van der Waals surface area contributed by atoms with Crippen LogP contribution in [-0.4, -0.2) is 44.0 Å². The van der Waals surface area contributed by atoms with Crippen molar-refractivity contribution in [3.63, 3.8) is 0 Å². The fraction of sp³-hybridized carbons (Fsp3) is 0.500. The summed E-state index contributed by atoms with van der Waals surface area (Å²) >= 11 is 0. The van der Waals surface area contributed by atoms with Crippen molar-refractivity contribution in [3.8, 4) is 0 Å². The van der Waals surface area contributed by atoms with Gasteiger partial charge in [-0.2, -0.15) is 10.1 Å². The average Bonchev–Trinajstić information content (AvgIpc) is 2.92. The number of nitrogens with zero attached hydrogens (tertiary/aromatic N) is 2. The standard InChI is InChI=1S/C10H15N5O2/c16-9-8(5-7-3-4-11-13-7)12-10(17)15(9)14-6-1-2-6/h3-6,9-10,12,14,16-17H,1-2H2,(H,11,13)/b8-5-. The molecule has 1 aliphatic carbocycles. The van der Waals surface area contributed by atoms with Crippen LogP contribution in [0.4, 0.5) is 0 Å². The van der Waals surface area contributed by atoms with Gasteiger partial charge < -0.3 is 15.5 Å². The van der Waals surface area contributed by atoms with E-state index in [0.29, 0.717) is 11.7 Å². The molecule has 0 amide bonds. The Morgan fingerprint density at radius 1 is 1.47 bits per heavy atom. The van der Waals surface area contributed by atoms with Crippen molar-refractivity contribution in [1.82, 2.24) is 25.9 Å². The summed E-state index contributed by atoms with van der Waals surface area (Å²) in [4.78, 5) is 0. The number of aromatic amines is 1. The van der Waals surface area contributed by atoms with E-state index >= 15 is 0 Å². The molecule has 7 heteroatoms. The topological polar surface area (TPSA) is 96.4 Å². The predicted molar refractivity (Wildman–Crippen MR) is 59.7 cm³/mol. The minimum Gasteiger partial charge on any atom is -0.371 e. The maximum atomic E-state index is 10.0. The lowest BCUT2D eigenvalue weighted by molar-refractivity contribution is -0.0892. The van der Waals surface area contributed by atoms with Gasteiger partial charge in [-0.1, -0.05) is 0 Å². The summed E-state index contributed by atoms with van der Waals surface area (Å²) in [5, 5.41) is 30.6. The third-order valence-electron chi connectivity index (χ3n) is 2.84. The monoisotopic (exact) mass is 237 g/mol. The molecule has 2 aliphatic rings. The van der Waals surface area contributed by atoms with Crippen LogP contribution in [0.1, 0.15) is 18.5 Å². The van der Waals surface area contributed by atoms with E-state index in [1.807, 2.05) is 0 Å². The molecule has 1 aromatic heterocycles. The third kappa shape index (κ3) is 2.18. The molecule has 7 nitrogen and oxygen atoms in total. The summed E-state index contributed by atoms with van der Waals surface area (Å²) in [5.41, 5.74) is 4.37. The zero-order valence-electron chi connectivity index (χ0n) is 9.17. The molecule has 0 spiro atoms. The minimum atomic E-state index is -0.917. The SMILES string of the molecule is OC1N/C(=C\c2ccn[nH]2)C(O)N1NC1CC1. The molecule has 1 aliphatic heterocycles. The fourth-order valence-corrected chi connectivity index (χ4v) is 1.77. The number of nitrogens with one attached hydrogen (secondary N) is 3. The predicted octanol–water partition coefficient (Wildman–Crippen LogP) is -1.08. The molecule has 17 heavy (non-hydrogen) atoms. The second-order valence-corrected chi connectivity index (χ2v) is 4.31. The Balaban J connectivity index is 1.74. The van der Waals surface area contributed by atoms with Crippen LogP contribution in [0.15, 0.2) is 18.0 Å². The van der Waals surface area contributed by atoms with Crippen molar-refractivity contribution >= 4 is 6.08 Å². The van der Waals surface area contributed by atoms with Crippen LogP contribution in [0.5, 0.6) is 0 Å². The van der Waals surface area contributed by atoms with Gasteiger partial charge in [0, 0.05) is 12.2 Å².